The molecule has 29 heavy (non-hydrogen) atoms. The van der Waals surface area contributed by atoms with Crippen LogP contribution in [0.2, 0.25) is 0 Å². The van der Waals surface area contributed by atoms with Crippen molar-refractivity contribution >= 4 is 11.8 Å². The third-order valence-corrected chi connectivity index (χ3v) is 5.47. The number of carbonyl (C=O) groups excluding carboxylic acids is 2. The molecule has 1 fully saturated rings. The van der Waals surface area contributed by atoms with Gasteiger partial charge in [0.25, 0.3) is 0 Å². The van der Waals surface area contributed by atoms with Crippen molar-refractivity contribution in [3.63, 3.8) is 0 Å². The highest BCUT2D eigenvalue weighted by atomic mass is 16.2. The number of hydrogen-bond donors (Lipinski definition) is 1. The first-order chi connectivity index (χ1) is 14.2. The van der Waals surface area contributed by atoms with Crippen LogP contribution in [0.1, 0.15) is 36.8 Å². The third-order valence-electron chi connectivity index (χ3n) is 5.47. The van der Waals surface area contributed by atoms with Crippen molar-refractivity contribution in [1.29, 1.82) is 0 Å². The van der Waals surface area contributed by atoms with Crippen LogP contribution in [0.15, 0.2) is 60.7 Å². The maximum Gasteiger partial charge on any atom is 0.234 e. The minimum atomic E-state index is 0.0552. The summed E-state index contributed by atoms with van der Waals surface area (Å²) in [6.45, 7) is 6.00. The second kappa shape index (κ2) is 10.8. The molecule has 1 N–H and O–H groups in total. The number of nitrogens with zero attached hydrogens (tertiary/aromatic N) is 2. The molecule has 0 unspecified atom stereocenters. The van der Waals surface area contributed by atoms with Crippen molar-refractivity contribution < 1.29 is 9.59 Å². The fourth-order valence-corrected chi connectivity index (χ4v) is 3.94. The highest BCUT2D eigenvalue weighted by Crippen LogP contribution is 2.28. The van der Waals surface area contributed by atoms with Crippen LogP contribution in [0.5, 0.6) is 0 Å². The van der Waals surface area contributed by atoms with Crippen molar-refractivity contribution in [2.75, 3.05) is 39.3 Å². The Labute approximate surface area is 173 Å². The second-order valence-corrected chi connectivity index (χ2v) is 7.54. The number of nitrogens with one attached hydrogen (secondary N) is 1. The van der Waals surface area contributed by atoms with Gasteiger partial charge in [0.1, 0.15) is 0 Å². The molecule has 2 aromatic carbocycles. The van der Waals surface area contributed by atoms with E-state index in [1.165, 1.54) is 11.1 Å². The van der Waals surface area contributed by atoms with Gasteiger partial charge in [-0.05, 0) is 24.5 Å². The number of hydrogen-bond acceptors (Lipinski definition) is 3. The van der Waals surface area contributed by atoms with E-state index in [0.717, 1.165) is 26.1 Å². The SMILES string of the molecule is CCNC(=O)CN1CCCN(C(=O)CC(c2ccccc2)c2ccccc2)CC1. The van der Waals surface area contributed by atoms with Crippen molar-refractivity contribution in [2.45, 2.75) is 25.7 Å². The zero-order valence-electron chi connectivity index (χ0n) is 17.2. The van der Waals surface area contributed by atoms with Gasteiger partial charge in [-0.3, -0.25) is 14.5 Å². The van der Waals surface area contributed by atoms with Crippen LogP contribution < -0.4 is 5.32 Å². The lowest BCUT2D eigenvalue weighted by atomic mass is 9.88. The molecule has 0 saturated carbocycles. The number of carbonyl (C=O) groups is 2. The normalized spacial score (nSPS) is 15.2. The molecule has 0 aromatic heterocycles. The first kappa shape index (κ1) is 21.1. The molecule has 0 atom stereocenters. The zero-order chi connectivity index (χ0) is 20.5. The Hall–Kier alpha value is -2.66. The molecule has 154 valence electrons. The molecule has 5 heteroatoms. The molecule has 1 aliphatic rings. The largest absolute Gasteiger partial charge is 0.355 e. The van der Waals surface area contributed by atoms with Crippen LogP contribution in [0.25, 0.3) is 0 Å². The van der Waals surface area contributed by atoms with E-state index < -0.39 is 0 Å². The molecular formula is C24H31N3O2. The lowest BCUT2D eigenvalue weighted by Gasteiger charge is -2.25. The Balaban J connectivity index is 1.65. The lowest BCUT2D eigenvalue weighted by molar-refractivity contribution is -0.131. The van der Waals surface area contributed by atoms with Crippen LogP contribution in [0.3, 0.4) is 0 Å². The molecule has 0 spiro atoms. The van der Waals surface area contributed by atoms with E-state index in [-0.39, 0.29) is 17.7 Å². The topological polar surface area (TPSA) is 52.7 Å². The van der Waals surface area contributed by atoms with E-state index in [0.29, 0.717) is 26.1 Å². The highest BCUT2D eigenvalue weighted by molar-refractivity contribution is 5.78. The van der Waals surface area contributed by atoms with E-state index in [4.69, 9.17) is 0 Å². The second-order valence-electron chi connectivity index (χ2n) is 7.54. The van der Waals surface area contributed by atoms with Gasteiger partial charge in [-0.1, -0.05) is 60.7 Å². The van der Waals surface area contributed by atoms with Crippen LogP contribution in [0.4, 0.5) is 0 Å². The third kappa shape index (κ3) is 6.16. The van der Waals surface area contributed by atoms with Crippen LogP contribution in [-0.2, 0) is 9.59 Å². The summed E-state index contributed by atoms with van der Waals surface area (Å²) in [5, 5.41) is 2.85. The minimum Gasteiger partial charge on any atom is -0.355 e. The minimum absolute atomic E-state index is 0.0552. The van der Waals surface area contributed by atoms with Crippen molar-refractivity contribution in [2.24, 2.45) is 0 Å². The number of rotatable bonds is 7. The smallest absolute Gasteiger partial charge is 0.234 e. The van der Waals surface area contributed by atoms with Gasteiger partial charge >= 0.3 is 0 Å². The summed E-state index contributed by atoms with van der Waals surface area (Å²) >= 11 is 0. The summed E-state index contributed by atoms with van der Waals surface area (Å²) in [7, 11) is 0. The molecule has 0 radical (unpaired) electrons. The maximum absolute atomic E-state index is 13.2. The monoisotopic (exact) mass is 393 g/mol. The molecule has 0 bridgehead atoms. The Morgan fingerprint density at radius 2 is 1.52 bits per heavy atom. The van der Waals surface area contributed by atoms with Gasteiger partial charge in [-0.15, -0.1) is 0 Å². The molecule has 3 rings (SSSR count). The Kier molecular flexibility index (Phi) is 7.82. The number of likely N-dealkylation sites (N-methyl/N-ethyl adjacent to an activating group) is 1. The molecule has 1 heterocycles. The Bertz CT molecular complexity index is 740. The van der Waals surface area contributed by atoms with Gasteiger partial charge in [0.15, 0.2) is 0 Å². The molecule has 2 amide bonds. The van der Waals surface area contributed by atoms with Crippen molar-refractivity contribution in [3.05, 3.63) is 71.8 Å². The number of benzene rings is 2. The first-order valence-electron chi connectivity index (χ1n) is 10.5. The highest BCUT2D eigenvalue weighted by Gasteiger charge is 2.24. The fourth-order valence-electron chi connectivity index (χ4n) is 3.94. The summed E-state index contributed by atoms with van der Waals surface area (Å²) in [5.41, 5.74) is 2.33. The maximum atomic E-state index is 13.2. The van der Waals surface area contributed by atoms with Crippen LogP contribution in [0, 0.1) is 0 Å². The average Bonchev–Trinajstić information content (AvgIpc) is 2.99. The van der Waals surface area contributed by atoms with Crippen LogP contribution >= 0.6 is 0 Å². The van der Waals surface area contributed by atoms with E-state index in [1.54, 1.807) is 0 Å². The van der Waals surface area contributed by atoms with Gasteiger partial charge in [-0.2, -0.15) is 0 Å². The van der Waals surface area contributed by atoms with E-state index in [9.17, 15) is 9.59 Å². The predicted octanol–water partition coefficient (Wildman–Crippen LogP) is 2.88. The van der Waals surface area contributed by atoms with Gasteiger partial charge < -0.3 is 10.2 Å². The van der Waals surface area contributed by atoms with E-state index >= 15 is 0 Å². The Morgan fingerprint density at radius 1 is 0.897 bits per heavy atom. The summed E-state index contributed by atoms with van der Waals surface area (Å²) in [6.07, 6.45) is 1.36. The van der Waals surface area contributed by atoms with Gasteiger partial charge in [0, 0.05) is 45.1 Å². The standard InChI is InChI=1S/C24H31N3O2/c1-2-25-23(28)19-26-14-9-15-27(17-16-26)24(29)18-22(20-10-5-3-6-11-20)21-12-7-4-8-13-21/h3-8,10-13,22H,2,9,14-19H2,1H3,(H,25,28). The molecule has 2 aromatic rings. The molecule has 1 aliphatic heterocycles. The van der Waals surface area contributed by atoms with Gasteiger partial charge in [0.05, 0.1) is 6.54 Å². The molecule has 1 saturated heterocycles. The summed E-state index contributed by atoms with van der Waals surface area (Å²) in [6, 6.07) is 20.5. The summed E-state index contributed by atoms with van der Waals surface area (Å²) in [4.78, 5) is 29.1. The molecular weight excluding hydrogens is 362 g/mol. The lowest BCUT2D eigenvalue weighted by Crippen LogP contribution is -2.40. The average molecular weight is 394 g/mol. The summed E-state index contributed by atoms with van der Waals surface area (Å²) < 4.78 is 0. The van der Waals surface area contributed by atoms with E-state index in [2.05, 4.69) is 34.5 Å². The quantitative estimate of drug-likeness (QED) is 0.787. The number of amides is 2. The van der Waals surface area contributed by atoms with Gasteiger partial charge in [0.2, 0.25) is 11.8 Å². The summed E-state index contributed by atoms with van der Waals surface area (Å²) in [5.74, 6) is 0.294. The Morgan fingerprint density at radius 3 is 2.10 bits per heavy atom. The first-order valence-corrected chi connectivity index (χ1v) is 10.5. The van der Waals surface area contributed by atoms with E-state index in [1.807, 2.05) is 48.2 Å². The molecule has 0 aliphatic carbocycles. The van der Waals surface area contributed by atoms with Crippen molar-refractivity contribution in [3.8, 4) is 0 Å². The fraction of sp³-hybridized carbons (Fsp3) is 0.417. The zero-order valence-corrected chi connectivity index (χ0v) is 17.2. The van der Waals surface area contributed by atoms with Crippen molar-refractivity contribution in [1.82, 2.24) is 15.1 Å². The predicted molar refractivity (Wildman–Crippen MR) is 116 cm³/mol. The van der Waals surface area contributed by atoms with Gasteiger partial charge in [-0.25, -0.2) is 0 Å². The van der Waals surface area contributed by atoms with Crippen LogP contribution in [-0.4, -0.2) is 60.9 Å². The molecule has 5 nitrogen and oxygen atoms in total.